The van der Waals surface area contributed by atoms with Gasteiger partial charge in [0.15, 0.2) is 11.5 Å². The van der Waals surface area contributed by atoms with Gasteiger partial charge in [-0.15, -0.1) is 13.2 Å². The highest BCUT2D eigenvalue weighted by Gasteiger charge is 2.31. The third-order valence-electron chi connectivity index (χ3n) is 4.38. The zero-order chi connectivity index (χ0) is 22.7. The van der Waals surface area contributed by atoms with Gasteiger partial charge >= 0.3 is 6.36 Å². The zero-order valence-corrected chi connectivity index (χ0v) is 16.8. The fourth-order valence-corrected chi connectivity index (χ4v) is 2.96. The van der Waals surface area contributed by atoms with Crippen LogP contribution in [0.2, 0.25) is 0 Å². The zero-order valence-electron chi connectivity index (χ0n) is 16.8. The molecule has 0 bridgehead atoms. The minimum atomic E-state index is -4.81. The number of aliphatic hydroxyl groups excluding tert-OH is 1. The highest BCUT2D eigenvalue weighted by atomic mass is 19.4. The van der Waals surface area contributed by atoms with Crippen molar-refractivity contribution in [3.63, 3.8) is 0 Å². The van der Waals surface area contributed by atoms with Crippen molar-refractivity contribution in [1.29, 1.82) is 0 Å². The van der Waals surface area contributed by atoms with E-state index >= 15 is 0 Å². The average Bonchev–Trinajstić information content (AvgIpc) is 3.20. The van der Waals surface area contributed by atoms with Crippen LogP contribution < -0.4 is 24.8 Å². The highest BCUT2D eigenvalue weighted by Crippen LogP contribution is 2.35. The summed E-state index contributed by atoms with van der Waals surface area (Å²) in [6.07, 6.45) is -4.81. The minimum Gasteiger partial charge on any atom is -0.454 e. The molecule has 0 unspecified atom stereocenters. The molecule has 2 aromatic carbocycles. The summed E-state index contributed by atoms with van der Waals surface area (Å²) in [6, 6.07) is 12.0. The summed E-state index contributed by atoms with van der Waals surface area (Å²) in [5.41, 5.74) is 1.40. The molecule has 1 aromatic heterocycles. The number of nitrogens with one attached hydrogen (secondary N) is 2. The summed E-state index contributed by atoms with van der Waals surface area (Å²) >= 11 is 0. The Hall–Kier alpha value is -3.73. The van der Waals surface area contributed by atoms with Crippen LogP contribution in [0.25, 0.3) is 11.3 Å². The summed E-state index contributed by atoms with van der Waals surface area (Å²) in [6.45, 7) is 1.71. The molecule has 0 radical (unpaired) electrons. The third kappa shape index (κ3) is 5.30. The number of rotatable bonds is 7. The summed E-state index contributed by atoms with van der Waals surface area (Å²) in [5, 5.41) is 15.4. The van der Waals surface area contributed by atoms with Crippen molar-refractivity contribution in [2.75, 3.05) is 24.0 Å². The second-order valence-electron chi connectivity index (χ2n) is 6.96. The van der Waals surface area contributed by atoms with Crippen molar-refractivity contribution < 1.29 is 32.5 Å². The van der Waals surface area contributed by atoms with Crippen LogP contribution in [0, 0.1) is 0 Å². The SMILES string of the molecule is C[C@@H](CO)Nc1nc(Nc2ccc3c(c2)OCO3)cc(-c2cccc(OC(F)(F)F)c2)n1. The molecule has 1 aliphatic heterocycles. The van der Waals surface area contributed by atoms with Crippen LogP contribution in [-0.2, 0) is 0 Å². The van der Waals surface area contributed by atoms with Gasteiger partial charge in [-0.25, -0.2) is 4.98 Å². The number of benzene rings is 2. The van der Waals surface area contributed by atoms with Crippen molar-refractivity contribution in [3.05, 3.63) is 48.5 Å². The molecule has 0 aliphatic carbocycles. The monoisotopic (exact) mass is 448 g/mol. The van der Waals surface area contributed by atoms with Crippen molar-refractivity contribution in [3.8, 4) is 28.5 Å². The molecule has 1 aliphatic rings. The van der Waals surface area contributed by atoms with Crippen LogP contribution in [0.15, 0.2) is 48.5 Å². The van der Waals surface area contributed by atoms with Gasteiger partial charge in [-0.3, -0.25) is 0 Å². The molecule has 1 atom stereocenters. The van der Waals surface area contributed by atoms with Gasteiger partial charge in [0.2, 0.25) is 12.7 Å². The predicted octanol–water partition coefficient (Wildman–Crippen LogP) is 4.31. The molecule has 0 fully saturated rings. The van der Waals surface area contributed by atoms with Crippen LogP contribution in [0.3, 0.4) is 0 Å². The van der Waals surface area contributed by atoms with E-state index in [0.717, 1.165) is 0 Å². The Morgan fingerprint density at radius 2 is 1.91 bits per heavy atom. The second kappa shape index (κ2) is 8.79. The van der Waals surface area contributed by atoms with Crippen LogP contribution in [0.4, 0.5) is 30.6 Å². The molecule has 168 valence electrons. The second-order valence-corrected chi connectivity index (χ2v) is 6.96. The fraction of sp³-hybridized carbons (Fsp3) is 0.238. The van der Waals surface area contributed by atoms with Crippen LogP contribution in [-0.4, -0.2) is 40.9 Å². The quantitative estimate of drug-likeness (QED) is 0.492. The van der Waals surface area contributed by atoms with E-state index in [9.17, 15) is 18.3 Å². The van der Waals surface area contributed by atoms with E-state index in [-0.39, 0.29) is 31.1 Å². The number of fused-ring (bicyclic) bond motifs is 1. The molecule has 3 aromatic rings. The first-order valence-corrected chi connectivity index (χ1v) is 9.58. The van der Waals surface area contributed by atoms with E-state index in [2.05, 4.69) is 25.3 Å². The lowest BCUT2D eigenvalue weighted by Crippen LogP contribution is -2.21. The summed E-state index contributed by atoms with van der Waals surface area (Å²) < 4.78 is 52.5. The van der Waals surface area contributed by atoms with Gasteiger partial charge in [0.05, 0.1) is 12.3 Å². The molecule has 0 amide bonds. The maximum absolute atomic E-state index is 12.6. The number of ether oxygens (including phenoxy) is 3. The largest absolute Gasteiger partial charge is 0.573 e. The molecule has 2 heterocycles. The van der Waals surface area contributed by atoms with E-state index in [0.29, 0.717) is 34.3 Å². The first-order chi connectivity index (χ1) is 15.3. The summed E-state index contributed by atoms with van der Waals surface area (Å²) in [7, 11) is 0. The van der Waals surface area contributed by atoms with Gasteiger partial charge < -0.3 is 30.0 Å². The van der Waals surface area contributed by atoms with Crippen LogP contribution in [0.1, 0.15) is 6.92 Å². The Morgan fingerprint density at radius 3 is 2.69 bits per heavy atom. The van der Waals surface area contributed by atoms with E-state index in [1.807, 2.05) is 0 Å². The van der Waals surface area contributed by atoms with Crippen molar-refractivity contribution >= 4 is 17.5 Å². The molecule has 0 spiro atoms. The molecular formula is C21H19F3N4O4. The van der Waals surface area contributed by atoms with Crippen molar-refractivity contribution in [1.82, 2.24) is 9.97 Å². The van der Waals surface area contributed by atoms with Gasteiger partial charge in [-0.1, -0.05) is 12.1 Å². The lowest BCUT2D eigenvalue weighted by atomic mass is 10.1. The number of nitrogens with zero attached hydrogens (tertiary/aromatic N) is 2. The number of hydrogen-bond donors (Lipinski definition) is 3. The maximum atomic E-state index is 12.6. The smallest absolute Gasteiger partial charge is 0.454 e. The van der Waals surface area contributed by atoms with Gasteiger partial charge in [-0.2, -0.15) is 4.98 Å². The number of alkyl halides is 3. The van der Waals surface area contributed by atoms with Crippen LogP contribution >= 0.6 is 0 Å². The lowest BCUT2D eigenvalue weighted by Gasteiger charge is -2.15. The predicted molar refractivity (Wildman–Crippen MR) is 110 cm³/mol. The van der Waals surface area contributed by atoms with E-state index in [1.165, 1.54) is 18.2 Å². The van der Waals surface area contributed by atoms with Crippen molar-refractivity contribution in [2.45, 2.75) is 19.3 Å². The number of halogens is 3. The highest BCUT2D eigenvalue weighted by molar-refractivity contribution is 5.69. The lowest BCUT2D eigenvalue weighted by molar-refractivity contribution is -0.274. The molecule has 0 saturated carbocycles. The van der Waals surface area contributed by atoms with Crippen molar-refractivity contribution in [2.24, 2.45) is 0 Å². The maximum Gasteiger partial charge on any atom is 0.573 e. The molecule has 3 N–H and O–H groups in total. The van der Waals surface area contributed by atoms with Gasteiger partial charge in [-0.05, 0) is 31.2 Å². The Balaban J connectivity index is 1.67. The van der Waals surface area contributed by atoms with Crippen LogP contribution in [0.5, 0.6) is 17.2 Å². The standard InChI is InChI=1S/C21H19F3N4O4/c1-12(10-29)25-20-27-16(13-3-2-4-15(7-13)32-21(22,23)24)9-19(28-20)26-14-5-6-17-18(8-14)31-11-30-17/h2-9,12,29H,10-11H2,1H3,(H2,25,26,27,28)/t12-/m0/s1. The molecule has 11 heteroatoms. The summed E-state index contributed by atoms with van der Waals surface area (Å²) in [5.74, 6) is 1.41. The number of aliphatic hydroxyl groups is 1. The molecule has 32 heavy (non-hydrogen) atoms. The Kier molecular flexibility index (Phi) is 5.91. The van der Waals surface area contributed by atoms with E-state index < -0.39 is 6.36 Å². The number of aromatic nitrogens is 2. The van der Waals surface area contributed by atoms with E-state index in [1.54, 1.807) is 37.3 Å². The van der Waals surface area contributed by atoms with Gasteiger partial charge in [0.25, 0.3) is 0 Å². The Morgan fingerprint density at radius 1 is 1.09 bits per heavy atom. The first-order valence-electron chi connectivity index (χ1n) is 9.58. The molecule has 0 saturated heterocycles. The third-order valence-corrected chi connectivity index (χ3v) is 4.38. The van der Waals surface area contributed by atoms with Gasteiger partial charge in [0.1, 0.15) is 11.6 Å². The fourth-order valence-electron chi connectivity index (χ4n) is 2.96. The molecule has 8 nitrogen and oxygen atoms in total. The number of anilines is 3. The Labute approximate surface area is 181 Å². The Bertz CT molecular complexity index is 1110. The molecular weight excluding hydrogens is 429 g/mol. The average molecular weight is 448 g/mol. The minimum absolute atomic E-state index is 0.139. The first kappa shape index (κ1) is 21.5. The molecule has 4 rings (SSSR count). The summed E-state index contributed by atoms with van der Waals surface area (Å²) in [4.78, 5) is 8.76. The van der Waals surface area contributed by atoms with Gasteiger partial charge in [0, 0.05) is 29.4 Å². The van der Waals surface area contributed by atoms with E-state index in [4.69, 9.17) is 9.47 Å². The normalized spacial score (nSPS) is 13.5. The topological polar surface area (TPSA) is 97.8 Å². The number of hydrogen-bond acceptors (Lipinski definition) is 8.